The van der Waals surface area contributed by atoms with E-state index in [9.17, 15) is 4.79 Å². The van der Waals surface area contributed by atoms with Crippen molar-refractivity contribution in [3.63, 3.8) is 0 Å². The minimum absolute atomic E-state index is 0.136. The first-order valence-electron chi connectivity index (χ1n) is 7.43. The Bertz CT molecular complexity index is 291. The predicted octanol–water partition coefficient (Wildman–Crippen LogP) is 1.25. The first-order valence-corrected chi connectivity index (χ1v) is 7.43. The zero-order chi connectivity index (χ0) is 13.1. The van der Waals surface area contributed by atoms with Gasteiger partial charge in [-0.3, -0.25) is 9.69 Å². The van der Waals surface area contributed by atoms with Gasteiger partial charge in [0.15, 0.2) is 0 Å². The molecule has 1 saturated carbocycles. The molecule has 18 heavy (non-hydrogen) atoms. The number of rotatable bonds is 7. The standard InChI is InChI=1S/C14H27N3O/c1-3-12-7-4-10(2)17(12)9-8-13(14(15)18)16-11-5-6-11/h10-13,16H,3-9H2,1-2H3,(H2,15,18). The van der Waals surface area contributed by atoms with Crippen molar-refractivity contribution in [2.24, 2.45) is 5.73 Å². The van der Waals surface area contributed by atoms with Gasteiger partial charge in [0.05, 0.1) is 6.04 Å². The summed E-state index contributed by atoms with van der Waals surface area (Å²) in [5.74, 6) is -0.193. The lowest BCUT2D eigenvalue weighted by molar-refractivity contribution is -0.120. The van der Waals surface area contributed by atoms with Gasteiger partial charge in [-0.1, -0.05) is 6.92 Å². The molecule has 0 aromatic carbocycles. The molecule has 2 fully saturated rings. The fraction of sp³-hybridized carbons (Fsp3) is 0.929. The number of hydrogen-bond donors (Lipinski definition) is 2. The monoisotopic (exact) mass is 253 g/mol. The van der Waals surface area contributed by atoms with Gasteiger partial charge in [0, 0.05) is 24.7 Å². The van der Waals surface area contributed by atoms with Crippen molar-refractivity contribution in [3.8, 4) is 0 Å². The van der Waals surface area contributed by atoms with Gasteiger partial charge in [-0.05, 0) is 45.4 Å². The third kappa shape index (κ3) is 3.45. The third-order valence-corrected chi connectivity index (χ3v) is 4.46. The zero-order valence-corrected chi connectivity index (χ0v) is 11.7. The SMILES string of the molecule is CCC1CCC(C)N1CCC(NC1CC1)C(N)=O. The van der Waals surface area contributed by atoms with E-state index in [1.54, 1.807) is 0 Å². The average molecular weight is 253 g/mol. The van der Waals surface area contributed by atoms with Crippen LogP contribution >= 0.6 is 0 Å². The summed E-state index contributed by atoms with van der Waals surface area (Å²) in [5, 5.41) is 3.36. The molecule has 3 N–H and O–H groups in total. The molecule has 0 spiro atoms. The molecule has 3 atom stereocenters. The fourth-order valence-corrected chi connectivity index (χ4v) is 3.09. The van der Waals surface area contributed by atoms with E-state index in [0.717, 1.165) is 13.0 Å². The number of likely N-dealkylation sites (tertiary alicyclic amines) is 1. The molecule has 0 aromatic heterocycles. The van der Waals surface area contributed by atoms with E-state index in [2.05, 4.69) is 24.1 Å². The zero-order valence-electron chi connectivity index (χ0n) is 11.7. The van der Waals surface area contributed by atoms with Crippen molar-refractivity contribution in [1.82, 2.24) is 10.2 Å². The molecular weight excluding hydrogens is 226 g/mol. The number of primary amides is 1. The van der Waals surface area contributed by atoms with Crippen LogP contribution in [-0.2, 0) is 4.79 Å². The lowest BCUT2D eigenvalue weighted by Gasteiger charge is -2.29. The van der Waals surface area contributed by atoms with Crippen LogP contribution in [0.5, 0.6) is 0 Å². The second kappa shape index (κ2) is 6.02. The van der Waals surface area contributed by atoms with E-state index in [1.807, 2.05) is 0 Å². The Kier molecular flexibility index (Phi) is 4.62. The summed E-state index contributed by atoms with van der Waals surface area (Å²) in [7, 11) is 0. The number of carbonyl (C=O) groups is 1. The van der Waals surface area contributed by atoms with Crippen LogP contribution in [0.3, 0.4) is 0 Å². The summed E-state index contributed by atoms with van der Waals surface area (Å²) in [5.41, 5.74) is 5.48. The lowest BCUT2D eigenvalue weighted by atomic mass is 10.1. The van der Waals surface area contributed by atoms with Gasteiger partial charge in [0.1, 0.15) is 0 Å². The molecule has 4 heteroatoms. The van der Waals surface area contributed by atoms with Gasteiger partial charge in [-0.15, -0.1) is 0 Å². The fourth-order valence-electron chi connectivity index (χ4n) is 3.09. The maximum Gasteiger partial charge on any atom is 0.234 e. The van der Waals surface area contributed by atoms with E-state index in [-0.39, 0.29) is 11.9 Å². The Morgan fingerprint density at radius 3 is 2.67 bits per heavy atom. The minimum Gasteiger partial charge on any atom is -0.368 e. The Labute approximate surface area is 110 Å². The number of amides is 1. The van der Waals surface area contributed by atoms with Crippen LogP contribution in [0.2, 0.25) is 0 Å². The van der Waals surface area contributed by atoms with Crippen molar-refractivity contribution in [3.05, 3.63) is 0 Å². The molecule has 1 saturated heterocycles. The second-order valence-corrected chi connectivity index (χ2v) is 5.91. The molecule has 0 aromatic rings. The Balaban J connectivity index is 1.81. The topological polar surface area (TPSA) is 58.4 Å². The first kappa shape index (κ1) is 13.8. The molecule has 4 nitrogen and oxygen atoms in total. The van der Waals surface area contributed by atoms with Gasteiger partial charge in [0.2, 0.25) is 5.91 Å². The summed E-state index contributed by atoms with van der Waals surface area (Å²) >= 11 is 0. The summed E-state index contributed by atoms with van der Waals surface area (Å²) in [4.78, 5) is 14.0. The average Bonchev–Trinajstić information content (AvgIpc) is 3.08. The van der Waals surface area contributed by atoms with Crippen LogP contribution in [0.15, 0.2) is 0 Å². The lowest BCUT2D eigenvalue weighted by Crippen LogP contribution is -2.46. The summed E-state index contributed by atoms with van der Waals surface area (Å²) in [6, 6.07) is 1.77. The van der Waals surface area contributed by atoms with Crippen LogP contribution in [0.25, 0.3) is 0 Å². The van der Waals surface area contributed by atoms with Gasteiger partial charge < -0.3 is 11.1 Å². The molecule has 1 heterocycles. The van der Waals surface area contributed by atoms with Crippen LogP contribution in [0.4, 0.5) is 0 Å². The Hall–Kier alpha value is -0.610. The van der Waals surface area contributed by atoms with Crippen molar-refractivity contribution >= 4 is 5.91 Å². The minimum atomic E-state index is -0.193. The third-order valence-electron chi connectivity index (χ3n) is 4.46. The van der Waals surface area contributed by atoms with Crippen molar-refractivity contribution in [2.45, 2.75) is 76.5 Å². The van der Waals surface area contributed by atoms with E-state index in [1.165, 1.54) is 32.1 Å². The van der Waals surface area contributed by atoms with Crippen molar-refractivity contribution in [1.29, 1.82) is 0 Å². The first-order chi connectivity index (χ1) is 8.61. The van der Waals surface area contributed by atoms with E-state index in [0.29, 0.717) is 18.1 Å². The highest BCUT2D eigenvalue weighted by Gasteiger charge is 2.31. The van der Waals surface area contributed by atoms with Crippen LogP contribution in [-0.4, -0.2) is 41.5 Å². The van der Waals surface area contributed by atoms with Crippen molar-refractivity contribution < 1.29 is 4.79 Å². The van der Waals surface area contributed by atoms with E-state index in [4.69, 9.17) is 5.73 Å². The summed E-state index contributed by atoms with van der Waals surface area (Å²) < 4.78 is 0. The van der Waals surface area contributed by atoms with Crippen LogP contribution in [0.1, 0.15) is 52.4 Å². The summed E-state index contributed by atoms with van der Waals surface area (Å²) in [6.45, 7) is 5.54. The number of nitrogens with one attached hydrogen (secondary N) is 1. The molecule has 3 unspecified atom stereocenters. The maximum atomic E-state index is 11.4. The number of nitrogens with zero attached hydrogens (tertiary/aromatic N) is 1. The normalized spacial score (nSPS) is 30.6. The highest BCUT2D eigenvalue weighted by atomic mass is 16.1. The highest BCUT2D eigenvalue weighted by molar-refractivity contribution is 5.79. The summed E-state index contributed by atoms with van der Waals surface area (Å²) in [6.07, 6.45) is 7.04. The molecular formula is C14H27N3O. The van der Waals surface area contributed by atoms with Gasteiger partial charge in [-0.2, -0.15) is 0 Å². The molecule has 1 aliphatic carbocycles. The van der Waals surface area contributed by atoms with Crippen molar-refractivity contribution in [2.75, 3.05) is 6.54 Å². The molecule has 2 rings (SSSR count). The Morgan fingerprint density at radius 1 is 1.39 bits per heavy atom. The molecule has 0 radical (unpaired) electrons. The maximum absolute atomic E-state index is 11.4. The molecule has 2 aliphatic rings. The van der Waals surface area contributed by atoms with E-state index < -0.39 is 0 Å². The van der Waals surface area contributed by atoms with Gasteiger partial charge in [-0.25, -0.2) is 0 Å². The molecule has 1 aliphatic heterocycles. The largest absolute Gasteiger partial charge is 0.368 e. The molecule has 0 bridgehead atoms. The van der Waals surface area contributed by atoms with Gasteiger partial charge >= 0.3 is 0 Å². The quantitative estimate of drug-likeness (QED) is 0.718. The van der Waals surface area contributed by atoms with Crippen LogP contribution < -0.4 is 11.1 Å². The number of hydrogen-bond acceptors (Lipinski definition) is 3. The van der Waals surface area contributed by atoms with Crippen LogP contribution in [0, 0.1) is 0 Å². The van der Waals surface area contributed by atoms with E-state index >= 15 is 0 Å². The second-order valence-electron chi connectivity index (χ2n) is 5.91. The highest BCUT2D eigenvalue weighted by Crippen LogP contribution is 2.26. The Morgan fingerprint density at radius 2 is 2.11 bits per heavy atom. The molecule has 104 valence electrons. The predicted molar refractivity (Wildman–Crippen MR) is 73.2 cm³/mol. The number of carbonyl (C=O) groups excluding carboxylic acids is 1. The van der Waals surface area contributed by atoms with Gasteiger partial charge in [0.25, 0.3) is 0 Å². The molecule has 1 amide bonds. The smallest absolute Gasteiger partial charge is 0.234 e. The number of nitrogens with two attached hydrogens (primary N) is 1.